The smallest absolute Gasteiger partial charge is 0.132 e. The molecule has 0 aliphatic heterocycles. The highest BCUT2D eigenvalue weighted by molar-refractivity contribution is 14.1. The molecule has 0 aliphatic rings. The van der Waals surface area contributed by atoms with Crippen molar-refractivity contribution in [1.29, 1.82) is 0 Å². The van der Waals surface area contributed by atoms with Gasteiger partial charge in [0.25, 0.3) is 0 Å². The van der Waals surface area contributed by atoms with Crippen molar-refractivity contribution < 1.29 is 4.74 Å². The zero-order valence-corrected chi connectivity index (χ0v) is 10.4. The molecule has 1 aromatic rings. The molecule has 0 atom stereocenters. The number of unbranched alkanes of at least 4 members (excludes halogenated alkanes) is 1. The van der Waals surface area contributed by atoms with Gasteiger partial charge >= 0.3 is 0 Å². The molecular weight excluding hydrogens is 298 g/mol. The van der Waals surface area contributed by atoms with Crippen LogP contribution in [0.4, 0.5) is 0 Å². The van der Waals surface area contributed by atoms with Crippen LogP contribution in [0.15, 0.2) is 18.2 Å². The highest BCUT2D eigenvalue weighted by Crippen LogP contribution is 2.24. The molecule has 0 aliphatic carbocycles. The number of hydrogen-bond acceptors (Lipinski definition) is 1. The maximum absolute atomic E-state index is 5.82. The maximum atomic E-state index is 5.82. The van der Waals surface area contributed by atoms with Gasteiger partial charge in [0.2, 0.25) is 0 Å². The second kappa shape index (κ2) is 5.70. The summed E-state index contributed by atoms with van der Waals surface area (Å²) in [6.45, 7) is 2.93. The Balaban J connectivity index is 2.56. The van der Waals surface area contributed by atoms with Crippen LogP contribution in [-0.2, 0) is 0 Å². The topological polar surface area (TPSA) is 9.23 Å². The van der Waals surface area contributed by atoms with E-state index in [1.165, 1.54) is 0 Å². The van der Waals surface area contributed by atoms with Gasteiger partial charge in [-0.3, -0.25) is 0 Å². The Hall–Kier alpha value is 0.0400. The molecule has 1 rings (SSSR count). The number of hydrogen-bond donors (Lipinski definition) is 0. The van der Waals surface area contributed by atoms with E-state index in [9.17, 15) is 0 Å². The van der Waals surface area contributed by atoms with Gasteiger partial charge in [0.05, 0.1) is 10.2 Å². The Morgan fingerprint density at radius 1 is 1.46 bits per heavy atom. The molecule has 3 heteroatoms. The first-order valence-electron chi connectivity index (χ1n) is 4.32. The summed E-state index contributed by atoms with van der Waals surface area (Å²) in [4.78, 5) is 0. The highest BCUT2D eigenvalue weighted by Gasteiger charge is 2.00. The van der Waals surface area contributed by atoms with E-state index >= 15 is 0 Å². The summed E-state index contributed by atoms with van der Waals surface area (Å²) in [7, 11) is 0. The van der Waals surface area contributed by atoms with Crippen molar-refractivity contribution in [3.05, 3.63) is 26.8 Å². The fourth-order valence-corrected chi connectivity index (χ4v) is 1.95. The normalized spacial score (nSPS) is 10.1. The number of ether oxygens (including phenoxy) is 1. The molecule has 0 heterocycles. The van der Waals surface area contributed by atoms with E-state index in [1.54, 1.807) is 0 Å². The lowest BCUT2D eigenvalue weighted by molar-refractivity contribution is 0.307. The molecule has 0 aromatic heterocycles. The Bertz CT molecular complexity index is 276. The van der Waals surface area contributed by atoms with E-state index in [0.717, 1.165) is 33.8 Å². The third-order valence-electron chi connectivity index (χ3n) is 1.65. The van der Waals surface area contributed by atoms with E-state index in [4.69, 9.17) is 16.3 Å². The van der Waals surface area contributed by atoms with Gasteiger partial charge in [-0.25, -0.2) is 0 Å². The fraction of sp³-hybridized carbons (Fsp3) is 0.400. The van der Waals surface area contributed by atoms with Crippen molar-refractivity contribution in [2.24, 2.45) is 0 Å². The first-order chi connectivity index (χ1) is 6.24. The van der Waals surface area contributed by atoms with Crippen LogP contribution in [0, 0.1) is 3.57 Å². The Kier molecular flexibility index (Phi) is 4.88. The molecule has 0 bridgehead atoms. The van der Waals surface area contributed by atoms with Gasteiger partial charge in [0.1, 0.15) is 5.75 Å². The zero-order chi connectivity index (χ0) is 9.68. The molecule has 0 amide bonds. The summed E-state index contributed by atoms with van der Waals surface area (Å²) in [5.41, 5.74) is 0. The van der Waals surface area contributed by atoms with Gasteiger partial charge in [-0.05, 0) is 47.2 Å². The molecule has 0 fully saturated rings. The third kappa shape index (κ3) is 3.73. The first-order valence-corrected chi connectivity index (χ1v) is 5.77. The zero-order valence-electron chi connectivity index (χ0n) is 7.52. The van der Waals surface area contributed by atoms with Crippen molar-refractivity contribution in [1.82, 2.24) is 0 Å². The molecule has 0 N–H and O–H groups in total. The van der Waals surface area contributed by atoms with Crippen LogP contribution in [-0.4, -0.2) is 6.61 Å². The standard InChI is InChI=1S/C10H12ClIO/c1-2-3-6-13-10-5-4-8(11)7-9(10)12/h4-5,7H,2-3,6H2,1H3. The minimum atomic E-state index is 0.757. The summed E-state index contributed by atoms with van der Waals surface area (Å²) < 4.78 is 6.64. The largest absolute Gasteiger partial charge is 0.492 e. The predicted molar refractivity (Wildman–Crippen MR) is 64.6 cm³/mol. The van der Waals surface area contributed by atoms with Crippen LogP contribution in [0.1, 0.15) is 19.8 Å². The van der Waals surface area contributed by atoms with Crippen molar-refractivity contribution in [2.45, 2.75) is 19.8 Å². The van der Waals surface area contributed by atoms with Crippen molar-refractivity contribution in [3.63, 3.8) is 0 Å². The second-order valence-electron chi connectivity index (χ2n) is 2.78. The fourth-order valence-electron chi connectivity index (χ4n) is 0.919. The van der Waals surface area contributed by atoms with Crippen molar-refractivity contribution in [2.75, 3.05) is 6.61 Å². The number of benzene rings is 1. The monoisotopic (exact) mass is 310 g/mol. The average molecular weight is 311 g/mol. The van der Waals surface area contributed by atoms with E-state index in [2.05, 4.69) is 29.5 Å². The van der Waals surface area contributed by atoms with Gasteiger partial charge in [-0.15, -0.1) is 0 Å². The summed E-state index contributed by atoms with van der Waals surface area (Å²) >= 11 is 8.05. The minimum absolute atomic E-state index is 0.757. The van der Waals surface area contributed by atoms with Crippen molar-refractivity contribution >= 4 is 34.2 Å². The second-order valence-corrected chi connectivity index (χ2v) is 4.38. The van der Waals surface area contributed by atoms with E-state index in [-0.39, 0.29) is 0 Å². The Morgan fingerprint density at radius 3 is 2.85 bits per heavy atom. The SMILES string of the molecule is CCCCOc1ccc(Cl)cc1I. The average Bonchev–Trinajstić information content (AvgIpc) is 2.09. The lowest BCUT2D eigenvalue weighted by Crippen LogP contribution is -1.97. The minimum Gasteiger partial charge on any atom is -0.492 e. The summed E-state index contributed by atoms with van der Waals surface area (Å²) in [6.07, 6.45) is 2.25. The van der Waals surface area contributed by atoms with E-state index < -0.39 is 0 Å². The molecular formula is C10H12ClIO. The van der Waals surface area contributed by atoms with Crippen LogP contribution < -0.4 is 4.74 Å². The molecule has 1 aromatic carbocycles. The number of halogens is 2. The molecule has 0 radical (unpaired) electrons. The van der Waals surface area contributed by atoms with E-state index in [1.807, 2.05) is 18.2 Å². The predicted octanol–water partition coefficient (Wildman–Crippen LogP) is 4.12. The Labute approximate surface area is 97.6 Å². The quantitative estimate of drug-likeness (QED) is 0.600. The Morgan fingerprint density at radius 2 is 2.23 bits per heavy atom. The summed E-state index contributed by atoms with van der Waals surface area (Å²) in [5.74, 6) is 0.929. The van der Waals surface area contributed by atoms with Crippen LogP contribution in [0.5, 0.6) is 5.75 Å². The lowest BCUT2D eigenvalue weighted by Gasteiger charge is -2.07. The third-order valence-corrected chi connectivity index (χ3v) is 2.73. The molecule has 72 valence electrons. The molecule has 0 unspecified atom stereocenters. The molecule has 1 nitrogen and oxygen atoms in total. The number of rotatable bonds is 4. The molecule has 0 spiro atoms. The lowest BCUT2D eigenvalue weighted by atomic mass is 10.3. The molecule has 0 saturated heterocycles. The van der Waals surface area contributed by atoms with Gasteiger partial charge in [-0.1, -0.05) is 24.9 Å². The van der Waals surface area contributed by atoms with Crippen LogP contribution >= 0.6 is 34.2 Å². The molecule has 13 heavy (non-hydrogen) atoms. The molecule has 0 saturated carbocycles. The van der Waals surface area contributed by atoms with E-state index in [0.29, 0.717) is 0 Å². The van der Waals surface area contributed by atoms with Gasteiger partial charge in [-0.2, -0.15) is 0 Å². The highest BCUT2D eigenvalue weighted by atomic mass is 127. The van der Waals surface area contributed by atoms with Gasteiger partial charge in [0.15, 0.2) is 0 Å². The summed E-state index contributed by atoms with van der Waals surface area (Å²) in [5, 5.41) is 0.757. The first kappa shape index (κ1) is 11.1. The maximum Gasteiger partial charge on any atom is 0.132 e. The van der Waals surface area contributed by atoms with Gasteiger partial charge < -0.3 is 4.74 Å². The van der Waals surface area contributed by atoms with Gasteiger partial charge in [0, 0.05) is 5.02 Å². The van der Waals surface area contributed by atoms with Crippen LogP contribution in [0.25, 0.3) is 0 Å². The summed E-state index contributed by atoms with van der Waals surface area (Å²) in [6, 6.07) is 5.67. The van der Waals surface area contributed by atoms with Crippen LogP contribution in [0.2, 0.25) is 5.02 Å². The van der Waals surface area contributed by atoms with Crippen molar-refractivity contribution in [3.8, 4) is 5.75 Å². The van der Waals surface area contributed by atoms with Crippen LogP contribution in [0.3, 0.4) is 0 Å².